The number of nitrogens with zero attached hydrogens (tertiary/aromatic N) is 5. The molecule has 0 atom stereocenters. The molecule has 1 N–H and O–H groups in total. The van der Waals surface area contributed by atoms with Crippen LogP contribution in [0.2, 0.25) is 10.0 Å². The molecule has 1 aliphatic rings. The third-order valence-corrected chi connectivity index (χ3v) is 6.55. The Morgan fingerprint density at radius 1 is 1.16 bits per heavy atom. The maximum atomic E-state index is 12.9. The van der Waals surface area contributed by atoms with Crippen LogP contribution in [0.25, 0.3) is 5.69 Å². The fourth-order valence-corrected chi connectivity index (χ4v) is 4.56. The summed E-state index contributed by atoms with van der Waals surface area (Å²) >= 11 is 12.8. The van der Waals surface area contributed by atoms with Gasteiger partial charge in [-0.3, -0.25) is 19.4 Å². The van der Waals surface area contributed by atoms with E-state index < -0.39 is 22.5 Å². The second-order valence-corrected chi connectivity index (χ2v) is 9.76. The molecule has 0 bridgehead atoms. The number of nitriles is 1. The lowest BCUT2D eigenvalue weighted by atomic mass is 10.1. The molecule has 0 aliphatic heterocycles. The van der Waals surface area contributed by atoms with Gasteiger partial charge in [0.1, 0.15) is 6.07 Å². The first-order chi connectivity index (χ1) is 18.1. The quantitative estimate of drug-likeness (QED) is 0.427. The average molecular weight is 561 g/mol. The van der Waals surface area contributed by atoms with Gasteiger partial charge in [-0.15, -0.1) is 10.2 Å². The zero-order valence-electron chi connectivity index (χ0n) is 20.4. The minimum Gasteiger partial charge on any atom is -0.442 e. The van der Waals surface area contributed by atoms with Crippen LogP contribution in [0.1, 0.15) is 56.7 Å². The summed E-state index contributed by atoms with van der Waals surface area (Å²) in [6.07, 6.45) is 3.44. The highest BCUT2D eigenvalue weighted by molar-refractivity contribution is 6.37. The smallest absolute Gasteiger partial charge is 0.349 e. The van der Waals surface area contributed by atoms with Gasteiger partial charge in [0.05, 0.1) is 21.7 Å². The number of aromatic amines is 1. The van der Waals surface area contributed by atoms with Crippen molar-refractivity contribution in [2.24, 2.45) is 5.92 Å². The molecule has 4 rings (SSSR count). The van der Waals surface area contributed by atoms with Gasteiger partial charge in [-0.05, 0) is 30.9 Å². The van der Waals surface area contributed by atoms with Crippen molar-refractivity contribution in [1.82, 2.24) is 24.5 Å². The second-order valence-electron chi connectivity index (χ2n) is 8.94. The molecule has 12 nitrogen and oxygen atoms in total. The maximum Gasteiger partial charge on any atom is 0.349 e. The lowest BCUT2D eigenvalue weighted by molar-refractivity contribution is -0.152. The fourth-order valence-electron chi connectivity index (χ4n) is 4.01. The SMILES string of the molecule is CC(C)c1cc(Oc2c(Cl)cc(-n3nc(C#N)c(=O)[nH]c3=O)cc2Cl)nn(COC(=O)C2CCCC2)c1=O. The number of ether oxygens (including phenoxy) is 2. The summed E-state index contributed by atoms with van der Waals surface area (Å²) in [5, 5.41) is 16.8. The zero-order valence-corrected chi connectivity index (χ0v) is 21.9. The number of benzene rings is 1. The summed E-state index contributed by atoms with van der Waals surface area (Å²) in [5.41, 5.74) is -2.37. The number of esters is 1. The molecule has 198 valence electrons. The van der Waals surface area contributed by atoms with Crippen molar-refractivity contribution in [3.8, 4) is 23.4 Å². The van der Waals surface area contributed by atoms with E-state index in [1.165, 1.54) is 18.2 Å². The van der Waals surface area contributed by atoms with E-state index >= 15 is 0 Å². The van der Waals surface area contributed by atoms with Gasteiger partial charge in [-0.2, -0.15) is 14.6 Å². The van der Waals surface area contributed by atoms with Gasteiger partial charge in [-0.1, -0.05) is 49.9 Å². The standard InChI is InChI=1S/C24H22Cl2N6O6/c1-12(2)15-9-19(30-31(22(15)34)11-37-23(35)13-5-3-4-6-13)38-20-16(25)7-14(8-17(20)26)32-24(36)28-21(33)18(10-27)29-32/h7-9,12-13H,3-6,11H2,1-2H3,(H,28,33,36). The van der Waals surface area contributed by atoms with Crippen molar-refractivity contribution >= 4 is 29.2 Å². The van der Waals surface area contributed by atoms with Crippen LogP contribution in [0.5, 0.6) is 11.6 Å². The Kier molecular flexibility index (Phi) is 7.99. The van der Waals surface area contributed by atoms with Gasteiger partial charge in [0.15, 0.2) is 12.5 Å². The number of hydrogen-bond donors (Lipinski definition) is 1. The second kappa shape index (κ2) is 11.2. The molecule has 38 heavy (non-hydrogen) atoms. The Morgan fingerprint density at radius 2 is 1.82 bits per heavy atom. The average Bonchev–Trinajstić information content (AvgIpc) is 3.41. The lowest BCUT2D eigenvalue weighted by Gasteiger charge is -2.16. The van der Waals surface area contributed by atoms with E-state index in [9.17, 15) is 19.2 Å². The van der Waals surface area contributed by atoms with Gasteiger partial charge in [0.25, 0.3) is 11.1 Å². The monoisotopic (exact) mass is 560 g/mol. The Bertz CT molecular complexity index is 1590. The molecule has 1 saturated carbocycles. The van der Waals surface area contributed by atoms with E-state index in [4.69, 9.17) is 37.9 Å². The van der Waals surface area contributed by atoms with E-state index in [0.717, 1.165) is 35.0 Å². The van der Waals surface area contributed by atoms with Crippen LogP contribution in [-0.4, -0.2) is 30.5 Å². The van der Waals surface area contributed by atoms with Crippen molar-refractivity contribution < 1.29 is 14.3 Å². The zero-order chi connectivity index (χ0) is 27.6. The van der Waals surface area contributed by atoms with Crippen LogP contribution in [0.15, 0.2) is 32.6 Å². The highest BCUT2D eigenvalue weighted by Gasteiger charge is 2.25. The molecule has 2 aromatic heterocycles. The summed E-state index contributed by atoms with van der Waals surface area (Å²) in [7, 11) is 0. The van der Waals surface area contributed by atoms with Gasteiger partial charge in [-0.25, -0.2) is 4.79 Å². The topological polar surface area (TPSA) is 162 Å². The van der Waals surface area contributed by atoms with Crippen LogP contribution in [0.3, 0.4) is 0 Å². The highest BCUT2D eigenvalue weighted by Crippen LogP contribution is 2.37. The minimum absolute atomic E-state index is 0.0344. The van der Waals surface area contributed by atoms with Crippen molar-refractivity contribution in [2.45, 2.75) is 52.2 Å². The van der Waals surface area contributed by atoms with Crippen molar-refractivity contribution in [2.75, 3.05) is 0 Å². The number of hydrogen-bond acceptors (Lipinski definition) is 9. The van der Waals surface area contributed by atoms with Gasteiger partial charge in [0.2, 0.25) is 11.6 Å². The largest absolute Gasteiger partial charge is 0.442 e. The van der Waals surface area contributed by atoms with Gasteiger partial charge >= 0.3 is 11.7 Å². The molecule has 3 aromatic rings. The van der Waals surface area contributed by atoms with E-state index in [1.807, 2.05) is 18.8 Å². The third kappa shape index (κ3) is 5.64. The van der Waals surface area contributed by atoms with Crippen molar-refractivity contribution in [3.05, 3.63) is 70.7 Å². The summed E-state index contributed by atoms with van der Waals surface area (Å²) < 4.78 is 12.9. The number of aromatic nitrogens is 5. The molecule has 1 fully saturated rings. The molecule has 1 aromatic carbocycles. The first kappa shape index (κ1) is 27.1. The van der Waals surface area contributed by atoms with E-state index in [1.54, 1.807) is 6.07 Å². The van der Waals surface area contributed by atoms with Gasteiger partial charge in [0, 0.05) is 11.6 Å². The Morgan fingerprint density at radius 3 is 2.42 bits per heavy atom. The molecule has 0 radical (unpaired) electrons. The normalized spacial score (nSPS) is 13.5. The Hall–Kier alpha value is -3.95. The molecule has 14 heteroatoms. The first-order valence-electron chi connectivity index (χ1n) is 11.7. The number of nitrogens with one attached hydrogen (secondary N) is 1. The number of carbonyl (C=O) groups excluding carboxylic acids is 1. The summed E-state index contributed by atoms with van der Waals surface area (Å²) in [4.78, 5) is 51.1. The minimum atomic E-state index is -0.929. The number of carbonyl (C=O) groups is 1. The van der Waals surface area contributed by atoms with Crippen molar-refractivity contribution in [3.63, 3.8) is 0 Å². The van der Waals surface area contributed by atoms with Crippen LogP contribution in [-0.2, 0) is 16.3 Å². The highest BCUT2D eigenvalue weighted by atomic mass is 35.5. The predicted octanol–water partition coefficient (Wildman–Crippen LogP) is 3.26. The summed E-state index contributed by atoms with van der Waals surface area (Å²) in [6, 6.07) is 5.61. The molecule has 1 aliphatic carbocycles. The molecule has 0 spiro atoms. The lowest BCUT2D eigenvalue weighted by Crippen LogP contribution is -2.33. The van der Waals surface area contributed by atoms with Crippen LogP contribution >= 0.6 is 23.2 Å². The molecular weight excluding hydrogens is 539 g/mol. The van der Waals surface area contributed by atoms with E-state index in [-0.39, 0.29) is 51.9 Å². The first-order valence-corrected chi connectivity index (χ1v) is 12.4. The van der Waals surface area contributed by atoms with Crippen LogP contribution < -0.4 is 21.5 Å². The van der Waals surface area contributed by atoms with E-state index in [2.05, 4.69) is 10.2 Å². The Labute approximate surface area is 225 Å². The van der Waals surface area contributed by atoms with Gasteiger partial charge < -0.3 is 9.47 Å². The number of rotatable bonds is 7. The summed E-state index contributed by atoms with van der Waals surface area (Å²) in [6.45, 7) is 3.25. The number of halogens is 2. The van der Waals surface area contributed by atoms with Crippen LogP contribution in [0, 0.1) is 17.2 Å². The Balaban J connectivity index is 1.66. The third-order valence-electron chi connectivity index (χ3n) is 5.99. The van der Waals surface area contributed by atoms with Crippen LogP contribution in [0.4, 0.5) is 0 Å². The molecular formula is C24H22Cl2N6O6. The predicted molar refractivity (Wildman–Crippen MR) is 136 cm³/mol. The molecule has 2 heterocycles. The van der Waals surface area contributed by atoms with Crippen molar-refractivity contribution in [1.29, 1.82) is 5.26 Å². The molecule has 0 unspecified atom stereocenters. The molecule has 0 amide bonds. The van der Waals surface area contributed by atoms with E-state index in [0.29, 0.717) is 5.56 Å². The number of H-pyrrole nitrogens is 1. The molecule has 0 saturated heterocycles. The maximum absolute atomic E-state index is 12.9. The fraction of sp³-hybridized carbons (Fsp3) is 0.375. The summed E-state index contributed by atoms with van der Waals surface area (Å²) in [5.74, 6) is -0.829.